The SMILES string of the molecule is COCC(CN)N1CC(C)(C)OC(C)(C)C1. The Kier molecular flexibility index (Phi) is 4.35. The lowest BCUT2D eigenvalue weighted by Crippen LogP contribution is -2.61. The molecule has 4 nitrogen and oxygen atoms in total. The zero-order chi connectivity index (χ0) is 12.4. The molecule has 0 bridgehead atoms. The molecule has 0 spiro atoms. The molecular weight excluding hydrogens is 204 g/mol. The molecule has 96 valence electrons. The zero-order valence-electron chi connectivity index (χ0n) is 11.2. The van der Waals surface area contributed by atoms with E-state index in [1.165, 1.54) is 0 Å². The van der Waals surface area contributed by atoms with E-state index in [9.17, 15) is 0 Å². The Morgan fingerprint density at radius 3 is 2.12 bits per heavy atom. The Labute approximate surface area is 99.1 Å². The van der Waals surface area contributed by atoms with Crippen LogP contribution in [0.1, 0.15) is 27.7 Å². The molecule has 1 heterocycles. The monoisotopic (exact) mass is 230 g/mol. The number of hydrogen-bond acceptors (Lipinski definition) is 4. The summed E-state index contributed by atoms with van der Waals surface area (Å²) in [6.07, 6.45) is 0. The van der Waals surface area contributed by atoms with Crippen LogP contribution in [-0.4, -0.2) is 55.5 Å². The van der Waals surface area contributed by atoms with E-state index >= 15 is 0 Å². The molecule has 1 aliphatic heterocycles. The molecule has 16 heavy (non-hydrogen) atoms. The lowest BCUT2D eigenvalue weighted by atomic mass is 9.97. The van der Waals surface area contributed by atoms with Gasteiger partial charge in [-0.15, -0.1) is 0 Å². The molecule has 1 atom stereocenters. The number of rotatable bonds is 4. The smallest absolute Gasteiger partial charge is 0.0760 e. The summed E-state index contributed by atoms with van der Waals surface area (Å²) in [7, 11) is 1.72. The molecule has 0 aliphatic carbocycles. The van der Waals surface area contributed by atoms with E-state index in [2.05, 4.69) is 32.6 Å². The maximum atomic E-state index is 6.04. The molecule has 1 fully saturated rings. The Morgan fingerprint density at radius 1 is 1.25 bits per heavy atom. The van der Waals surface area contributed by atoms with Gasteiger partial charge in [0.1, 0.15) is 0 Å². The van der Waals surface area contributed by atoms with Crippen LogP contribution >= 0.6 is 0 Å². The number of nitrogens with zero attached hydrogens (tertiary/aromatic N) is 1. The molecule has 1 rings (SSSR count). The predicted molar refractivity (Wildman–Crippen MR) is 65.5 cm³/mol. The van der Waals surface area contributed by atoms with Crippen LogP contribution in [0.15, 0.2) is 0 Å². The van der Waals surface area contributed by atoms with Gasteiger partial charge in [0.2, 0.25) is 0 Å². The predicted octanol–water partition coefficient (Wildman–Crippen LogP) is 0.850. The molecule has 2 N–H and O–H groups in total. The van der Waals surface area contributed by atoms with Crippen molar-refractivity contribution in [2.24, 2.45) is 5.73 Å². The summed E-state index contributed by atoms with van der Waals surface area (Å²) in [6.45, 7) is 11.6. The van der Waals surface area contributed by atoms with Crippen molar-refractivity contribution in [2.75, 3.05) is 33.4 Å². The second-order valence-corrected chi connectivity index (χ2v) is 5.87. The van der Waals surface area contributed by atoms with Crippen molar-refractivity contribution < 1.29 is 9.47 Å². The topological polar surface area (TPSA) is 47.7 Å². The van der Waals surface area contributed by atoms with E-state index in [0.29, 0.717) is 13.2 Å². The quantitative estimate of drug-likeness (QED) is 0.778. The minimum Gasteiger partial charge on any atom is -0.383 e. The van der Waals surface area contributed by atoms with Crippen LogP contribution in [0.3, 0.4) is 0 Å². The van der Waals surface area contributed by atoms with Crippen molar-refractivity contribution in [2.45, 2.75) is 44.9 Å². The standard InChI is InChI=1S/C12H26N2O2/c1-11(2)8-14(9-12(3,4)16-11)10(6-13)7-15-5/h10H,6-9,13H2,1-5H3. The number of morpholine rings is 1. The molecule has 0 aromatic heterocycles. The van der Waals surface area contributed by atoms with Crippen LogP contribution in [0.4, 0.5) is 0 Å². The van der Waals surface area contributed by atoms with Crippen LogP contribution in [-0.2, 0) is 9.47 Å². The van der Waals surface area contributed by atoms with Gasteiger partial charge in [0.15, 0.2) is 0 Å². The van der Waals surface area contributed by atoms with Gasteiger partial charge in [-0.3, -0.25) is 4.90 Å². The van der Waals surface area contributed by atoms with Gasteiger partial charge in [0, 0.05) is 32.8 Å². The fourth-order valence-electron chi connectivity index (χ4n) is 2.62. The lowest BCUT2D eigenvalue weighted by molar-refractivity contribution is -0.189. The number of ether oxygens (including phenoxy) is 2. The Bertz CT molecular complexity index is 213. The van der Waals surface area contributed by atoms with Gasteiger partial charge >= 0.3 is 0 Å². The molecule has 0 saturated carbocycles. The highest BCUT2D eigenvalue weighted by atomic mass is 16.5. The molecule has 1 aliphatic rings. The summed E-state index contributed by atoms with van der Waals surface area (Å²) >= 11 is 0. The van der Waals surface area contributed by atoms with E-state index < -0.39 is 0 Å². The van der Waals surface area contributed by atoms with Gasteiger partial charge in [0.25, 0.3) is 0 Å². The van der Waals surface area contributed by atoms with Crippen LogP contribution in [0.2, 0.25) is 0 Å². The van der Waals surface area contributed by atoms with E-state index in [1.54, 1.807) is 7.11 Å². The fraction of sp³-hybridized carbons (Fsp3) is 1.00. The van der Waals surface area contributed by atoms with E-state index in [1.807, 2.05) is 0 Å². The number of nitrogens with two attached hydrogens (primary N) is 1. The Morgan fingerprint density at radius 2 is 1.75 bits per heavy atom. The highest BCUT2D eigenvalue weighted by molar-refractivity contribution is 4.92. The fourth-order valence-corrected chi connectivity index (χ4v) is 2.62. The average Bonchev–Trinajstić information content (AvgIpc) is 2.08. The molecule has 4 heteroatoms. The van der Waals surface area contributed by atoms with Crippen molar-refractivity contribution in [1.29, 1.82) is 0 Å². The number of methoxy groups -OCH3 is 1. The van der Waals surface area contributed by atoms with Crippen molar-refractivity contribution in [3.8, 4) is 0 Å². The summed E-state index contributed by atoms with van der Waals surface area (Å²) in [4.78, 5) is 2.38. The summed E-state index contributed by atoms with van der Waals surface area (Å²) in [5.41, 5.74) is 5.56. The highest BCUT2D eigenvalue weighted by Crippen LogP contribution is 2.29. The van der Waals surface area contributed by atoms with Crippen molar-refractivity contribution in [3.05, 3.63) is 0 Å². The van der Waals surface area contributed by atoms with Crippen molar-refractivity contribution in [1.82, 2.24) is 4.90 Å². The van der Waals surface area contributed by atoms with Crippen LogP contribution < -0.4 is 5.73 Å². The van der Waals surface area contributed by atoms with Gasteiger partial charge in [-0.2, -0.15) is 0 Å². The van der Waals surface area contributed by atoms with E-state index in [-0.39, 0.29) is 17.2 Å². The molecule has 1 unspecified atom stereocenters. The van der Waals surface area contributed by atoms with Gasteiger partial charge in [0.05, 0.1) is 17.8 Å². The normalized spacial score (nSPS) is 26.6. The van der Waals surface area contributed by atoms with E-state index in [4.69, 9.17) is 15.2 Å². The molecule has 0 radical (unpaired) electrons. The first-order valence-electron chi connectivity index (χ1n) is 5.93. The maximum Gasteiger partial charge on any atom is 0.0760 e. The number of hydrogen-bond donors (Lipinski definition) is 1. The highest BCUT2D eigenvalue weighted by Gasteiger charge is 2.40. The third-order valence-electron chi connectivity index (χ3n) is 2.87. The molecule has 0 aromatic rings. The summed E-state index contributed by atoms with van der Waals surface area (Å²) in [6, 6.07) is 0.285. The van der Waals surface area contributed by atoms with Gasteiger partial charge in [-0.05, 0) is 27.7 Å². The summed E-state index contributed by atoms with van der Waals surface area (Å²) in [5.74, 6) is 0. The zero-order valence-corrected chi connectivity index (χ0v) is 11.2. The summed E-state index contributed by atoms with van der Waals surface area (Å²) < 4.78 is 11.3. The third-order valence-corrected chi connectivity index (χ3v) is 2.87. The third kappa shape index (κ3) is 3.70. The molecule has 1 saturated heterocycles. The molecule has 0 amide bonds. The minimum atomic E-state index is -0.122. The Hall–Kier alpha value is -0.160. The van der Waals surface area contributed by atoms with Crippen molar-refractivity contribution >= 4 is 0 Å². The lowest BCUT2D eigenvalue weighted by Gasteiger charge is -2.49. The first kappa shape index (κ1) is 13.9. The first-order valence-corrected chi connectivity index (χ1v) is 5.93. The molecular formula is C12H26N2O2. The maximum absolute atomic E-state index is 6.04. The van der Waals surface area contributed by atoms with Crippen molar-refractivity contribution in [3.63, 3.8) is 0 Å². The van der Waals surface area contributed by atoms with Crippen LogP contribution in [0.5, 0.6) is 0 Å². The van der Waals surface area contributed by atoms with Crippen LogP contribution in [0, 0.1) is 0 Å². The largest absolute Gasteiger partial charge is 0.383 e. The van der Waals surface area contributed by atoms with E-state index in [0.717, 1.165) is 13.1 Å². The molecule has 0 aromatic carbocycles. The van der Waals surface area contributed by atoms with Gasteiger partial charge in [-0.1, -0.05) is 0 Å². The second kappa shape index (κ2) is 5.00. The van der Waals surface area contributed by atoms with Crippen LogP contribution in [0.25, 0.3) is 0 Å². The van der Waals surface area contributed by atoms with Gasteiger partial charge in [-0.25, -0.2) is 0 Å². The average molecular weight is 230 g/mol. The Balaban J connectivity index is 2.72. The van der Waals surface area contributed by atoms with Gasteiger partial charge < -0.3 is 15.2 Å². The second-order valence-electron chi connectivity index (χ2n) is 5.87. The first-order chi connectivity index (χ1) is 7.29. The minimum absolute atomic E-state index is 0.122. The summed E-state index contributed by atoms with van der Waals surface area (Å²) in [5, 5.41) is 0.